The molecule has 3 aromatic carbocycles. The van der Waals surface area contributed by atoms with E-state index in [0.717, 1.165) is 77.4 Å². The molecule has 3 atom stereocenters. The predicted octanol–water partition coefficient (Wildman–Crippen LogP) is 7.62. The van der Waals surface area contributed by atoms with Gasteiger partial charge in [0.1, 0.15) is 11.6 Å². The van der Waals surface area contributed by atoms with Crippen molar-refractivity contribution >= 4 is 11.0 Å². The number of aromatic amines is 2. The molecule has 0 bridgehead atoms. The number of rotatable bonds is 5. The van der Waals surface area contributed by atoms with E-state index in [9.17, 15) is 0 Å². The summed E-state index contributed by atoms with van der Waals surface area (Å²) in [7, 11) is 0. The molecule has 1 saturated carbocycles. The molecule has 4 aliphatic rings. The molecule has 6 nitrogen and oxygen atoms in total. The summed E-state index contributed by atoms with van der Waals surface area (Å²) in [6.07, 6.45) is 7.68. The zero-order chi connectivity index (χ0) is 28.9. The number of alkyl halides is 2. The maximum Gasteiger partial charge on any atom is 0.299 e. The number of imidazole rings is 2. The SMILES string of the molecule is CC[C@H]1CCN[C@@H]1c1nc2ccc(-c3ccc4c(c3)C(F)(F)c3cc(-c5cnc([C@@H]6CC7(CC7)CN6)[nH]5)ccc3-4)cc2[nH]1. The molecule has 2 saturated heterocycles. The molecule has 1 spiro atoms. The van der Waals surface area contributed by atoms with Crippen molar-refractivity contribution in [2.45, 2.75) is 57.0 Å². The van der Waals surface area contributed by atoms with Gasteiger partial charge in [-0.25, -0.2) is 9.97 Å². The van der Waals surface area contributed by atoms with Crippen LogP contribution in [0.25, 0.3) is 44.5 Å². The van der Waals surface area contributed by atoms with Crippen LogP contribution >= 0.6 is 0 Å². The topological polar surface area (TPSA) is 81.4 Å². The van der Waals surface area contributed by atoms with Gasteiger partial charge in [0, 0.05) is 23.2 Å². The van der Waals surface area contributed by atoms with E-state index in [1.54, 1.807) is 18.3 Å². The Morgan fingerprint density at radius 1 is 0.860 bits per heavy atom. The summed E-state index contributed by atoms with van der Waals surface area (Å²) in [5, 5.41) is 7.16. The number of H-pyrrole nitrogens is 2. The van der Waals surface area contributed by atoms with Crippen LogP contribution in [0.3, 0.4) is 0 Å². The predicted molar refractivity (Wildman–Crippen MR) is 164 cm³/mol. The van der Waals surface area contributed by atoms with Crippen LogP contribution in [-0.2, 0) is 5.92 Å². The molecule has 2 aliphatic heterocycles. The zero-order valence-electron chi connectivity index (χ0n) is 24.1. The Balaban J connectivity index is 1.02. The number of nitrogens with one attached hydrogen (secondary N) is 4. The first kappa shape index (κ1) is 25.6. The molecule has 218 valence electrons. The van der Waals surface area contributed by atoms with Crippen molar-refractivity contribution in [3.05, 3.63) is 83.6 Å². The molecular weight excluding hydrogens is 542 g/mol. The molecule has 3 fully saturated rings. The minimum atomic E-state index is -3.10. The second kappa shape index (κ2) is 9.07. The molecule has 0 radical (unpaired) electrons. The zero-order valence-corrected chi connectivity index (χ0v) is 24.1. The fourth-order valence-electron chi connectivity index (χ4n) is 7.77. The maximum absolute atomic E-state index is 16.1. The van der Waals surface area contributed by atoms with E-state index in [4.69, 9.17) is 4.98 Å². The molecule has 0 unspecified atom stereocenters. The highest BCUT2D eigenvalue weighted by Gasteiger charge is 2.49. The van der Waals surface area contributed by atoms with Crippen molar-refractivity contribution in [3.8, 4) is 33.5 Å². The summed E-state index contributed by atoms with van der Waals surface area (Å²) in [5.41, 5.74) is 6.72. The van der Waals surface area contributed by atoms with Crippen LogP contribution in [0, 0.1) is 11.3 Å². The van der Waals surface area contributed by atoms with Gasteiger partial charge < -0.3 is 20.6 Å². The highest BCUT2D eigenvalue weighted by molar-refractivity contribution is 5.86. The summed E-state index contributed by atoms with van der Waals surface area (Å²) in [6.45, 7) is 4.26. The van der Waals surface area contributed by atoms with Crippen molar-refractivity contribution in [2.75, 3.05) is 13.1 Å². The van der Waals surface area contributed by atoms with Crippen LogP contribution in [-0.4, -0.2) is 33.0 Å². The summed E-state index contributed by atoms with van der Waals surface area (Å²) < 4.78 is 32.2. The lowest BCUT2D eigenvalue weighted by atomic mass is 9.97. The number of aromatic nitrogens is 4. The van der Waals surface area contributed by atoms with Gasteiger partial charge in [0.25, 0.3) is 5.92 Å². The van der Waals surface area contributed by atoms with Crippen LogP contribution in [0.1, 0.15) is 73.9 Å². The molecule has 43 heavy (non-hydrogen) atoms. The molecule has 0 amide bonds. The molecule has 4 heterocycles. The quantitative estimate of drug-likeness (QED) is 0.174. The summed E-state index contributed by atoms with van der Waals surface area (Å²) in [6, 6.07) is 17.3. The monoisotopic (exact) mass is 576 g/mol. The Morgan fingerprint density at radius 3 is 2.37 bits per heavy atom. The molecule has 5 aromatic rings. The Morgan fingerprint density at radius 2 is 1.60 bits per heavy atom. The first-order valence-corrected chi connectivity index (χ1v) is 15.6. The summed E-state index contributed by atoms with van der Waals surface area (Å²) in [4.78, 5) is 16.4. The van der Waals surface area contributed by atoms with Crippen LogP contribution in [0.4, 0.5) is 8.78 Å². The number of benzene rings is 3. The van der Waals surface area contributed by atoms with Gasteiger partial charge >= 0.3 is 0 Å². The third-order valence-electron chi connectivity index (χ3n) is 10.6. The summed E-state index contributed by atoms with van der Waals surface area (Å²) >= 11 is 0. The van der Waals surface area contributed by atoms with Gasteiger partial charge in [-0.2, -0.15) is 8.78 Å². The van der Waals surface area contributed by atoms with E-state index < -0.39 is 5.92 Å². The van der Waals surface area contributed by atoms with E-state index in [1.807, 2.05) is 42.5 Å². The molecule has 8 heteroatoms. The smallest absolute Gasteiger partial charge is 0.299 e. The van der Waals surface area contributed by atoms with Gasteiger partial charge in [-0.15, -0.1) is 0 Å². The molecule has 9 rings (SSSR count). The third-order valence-corrected chi connectivity index (χ3v) is 10.6. The normalized spacial score (nSPS) is 24.6. The van der Waals surface area contributed by atoms with E-state index in [2.05, 4.69) is 32.5 Å². The number of halogens is 2. The van der Waals surface area contributed by atoms with Crippen molar-refractivity contribution in [3.63, 3.8) is 0 Å². The van der Waals surface area contributed by atoms with E-state index in [-0.39, 0.29) is 23.2 Å². The third kappa shape index (κ3) is 3.96. The number of nitrogens with zero attached hydrogens (tertiary/aromatic N) is 2. The second-order valence-electron chi connectivity index (χ2n) is 13.2. The van der Waals surface area contributed by atoms with Crippen LogP contribution in [0.2, 0.25) is 0 Å². The number of hydrogen-bond donors (Lipinski definition) is 4. The Labute approximate surface area is 248 Å². The fourth-order valence-corrected chi connectivity index (χ4v) is 7.77. The van der Waals surface area contributed by atoms with Crippen LogP contribution in [0.5, 0.6) is 0 Å². The molecule has 2 aliphatic carbocycles. The molecule has 4 N–H and O–H groups in total. The largest absolute Gasteiger partial charge is 0.341 e. The van der Waals surface area contributed by atoms with Crippen molar-refractivity contribution in [2.24, 2.45) is 11.3 Å². The highest BCUT2D eigenvalue weighted by Crippen LogP contribution is 2.55. The van der Waals surface area contributed by atoms with Gasteiger partial charge in [-0.1, -0.05) is 43.7 Å². The first-order valence-electron chi connectivity index (χ1n) is 15.6. The van der Waals surface area contributed by atoms with E-state index in [1.165, 1.54) is 12.8 Å². The average molecular weight is 577 g/mol. The van der Waals surface area contributed by atoms with Gasteiger partial charge in [-0.05, 0) is 90.1 Å². The second-order valence-corrected chi connectivity index (χ2v) is 13.2. The lowest BCUT2D eigenvalue weighted by Gasteiger charge is -2.14. The van der Waals surface area contributed by atoms with Crippen LogP contribution in [0.15, 0.2) is 60.8 Å². The molecule has 2 aromatic heterocycles. The summed E-state index contributed by atoms with van der Waals surface area (Å²) in [5.74, 6) is -0.681. The fraction of sp³-hybridized carbons (Fsp3) is 0.371. The lowest BCUT2D eigenvalue weighted by molar-refractivity contribution is 0.0481. The van der Waals surface area contributed by atoms with E-state index in [0.29, 0.717) is 22.5 Å². The minimum Gasteiger partial charge on any atom is -0.341 e. The average Bonchev–Trinajstić information content (AvgIpc) is 3.58. The van der Waals surface area contributed by atoms with Crippen molar-refractivity contribution < 1.29 is 8.78 Å². The van der Waals surface area contributed by atoms with Crippen molar-refractivity contribution in [1.29, 1.82) is 0 Å². The highest BCUT2D eigenvalue weighted by atomic mass is 19.3. The van der Waals surface area contributed by atoms with Gasteiger partial charge in [0.15, 0.2) is 0 Å². The lowest BCUT2D eigenvalue weighted by Crippen LogP contribution is -2.18. The van der Waals surface area contributed by atoms with Crippen LogP contribution < -0.4 is 10.6 Å². The Kier molecular flexibility index (Phi) is 5.40. The maximum atomic E-state index is 16.1. The van der Waals surface area contributed by atoms with E-state index >= 15 is 8.78 Å². The van der Waals surface area contributed by atoms with Gasteiger partial charge in [0.05, 0.1) is 35.0 Å². The van der Waals surface area contributed by atoms with Gasteiger partial charge in [-0.3, -0.25) is 0 Å². The Hall–Kier alpha value is -3.88. The van der Waals surface area contributed by atoms with Crippen molar-refractivity contribution in [1.82, 2.24) is 30.6 Å². The first-order chi connectivity index (χ1) is 20.9. The molecular formula is C35H34F2N6. The number of fused-ring (bicyclic) bond motifs is 4. The minimum absolute atomic E-state index is 0.0485. The standard InChI is InChI=1S/C35H34F2N6/c1-2-19-9-12-38-31(19)33-41-27-8-5-21(15-28(27)42-33)20-3-6-23-24-7-4-22(14-26(24)35(36,37)25(23)13-20)30-17-39-32(43-30)29-16-34(10-11-34)18-40-29/h3-8,13-15,17,19,29,31,38,40H,2,9-12,16,18H2,1H3,(H,39,43)(H,41,42)/t19-,29-,31-/m0/s1. The Bertz CT molecular complexity index is 1900. The number of hydrogen-bond acceptors (Lipinski definition) is 4. The van der Waals surface area contributed by atoms with Gasteiger partial charge in [0.2, 0.25) is 0 Å².